The monoisotopic (exact) mass is 614 g/mol. The molecule has 3 aliphatic heterocycles. The lowest BCUT2D eigenvalue weighted by molar-refractivity contribution is -0.146. The fourth-order valence-corrected chi connectivity index (χ4v) is 12.0. The Morgan fingerprint density at radius 2 is 1.73 bits per heavy atom. The molecule has 1 N–H and O–H groups in total. The summed E-state index contributed by atoms with van der Waals surface area (Å²) < 4.78 is 18.1. The van der Waals surface area contributed by atoms with Crippen LogP contribution in [0.2, 0.25) is 18.6 Å². The van der Waals surface area contributed by atoms with Crippen molar-refractivity contribution in [2.75, 3.05) is 37.2 Å². The van der Waals surface area contributed by atoms with Crippen molar-refractivity contribution in [3.8, 4) is 11.5 Å². The SMILES string of the molecule is COc1ccc([Si](C)(C)[C@H]2[C@H](CCO)O[C@@]3(C(=O)N(Cc4cccc(N5CCCC5=O)c4)c4ccc(OC)cc43)[C@@H]2C)cc1. The third-order valence-electron chi connectivity index (χ3n) is 10.1. The van der Waals surface area contributed by atoms with Crippen molar-refractivity contribution in [3.63, 3.8) is 0 Å². The summed E-state index contributed by atoms with van der Waals surface area (Å²) in [7, 11) is 1.02. The van der Waals surface area contributed by atoms with E-state index in [0.717, 1.165) is 34.7 Å². The first-order valence-corrected chi connectivity index (χ1v) is 18.6. The largest absolute Gasteiger partial charge is 0.497 e. The Morgan fingerprint density at radius 3 is 2.39 bits per heavy atom. The van der Waals surface area contributed by atoms with Crippen LogP contribution in [0.5, 0.6) is 11.5 Å². The predicted octanol–water partition coefficient (Wildman–Crippen LogP) is 4.98. The van der Waals surface area contributed by atoms with Gasteiger partial charge < -0.3 is 29.1 Å². The number of amides is 2. The smallest absolute Gasteiger partial charge is 0.264 e. The Balaban J connectivity index is 1.41. The zero-order valence-electron chi connectivity index (χ0n) is 26.2. The maximum absolute atomic E-state index is 14.9. The zero-order valence-corrected chi connectivity index (χ0v) is 27.2. The first kappa shape index (κ1) is 30.4. The fourth-order valence-electron chi connectivity index (χ4n) is 7.90. The molecule has 1 spiro atoms. The van der Waals surface area contributed by atoms with E-state index in [4.69, 9.17) is 14.2 Å². The summed E-state index contributed by atoms with van der Waals surface area (Å²) in [4.78, 5) is 31.0. The van der Waals surface area contributed by atoms with Crippen LogP contribution >= 0.6 is 0 Å². The normalized spacial score (nSPS) is 24.8. The number of carbonyl (C=O) groups excluding carboxylic acids is 2. The third kappa shape index (κ3) is 4.82. The zero-order chi connectivity index (χ0) is 31.2. The van der Waals surface area contributed by atoms with Gasteiger partial charge in [-0.15, -0.1) is 0 Å². The lowest BCUT2D eigenvalue weighted by atomic mass is 9.82. The summed E-state index contributed by atoms with van der Waals surface area (Å²) >= 11 is 0. The molecule has 0 aliphatic carbocycles. The van der Waals surface area contributed by atoms with Crippen LogP contribution in [0, 0.1) is 5.92 Å². The molecular formula is C35H42N2O6Si. The van der Waals surface area contributed by atoms with Crippen LogP contribution in [-0.2, 0) is 26.5 Å². The lowest BCUT2D eigenvalue weighted by Crippen LogP contribution is -2.51. The molecule has 0 bridgehead atoms. The molecule has 3 aliphatic rings. The van der Waals surface area contributed by atoms with Gasteiger partial charge in [0.2, 0.25) is 5.91 Å². The molecule has 3 heterocycles. The van der Waals surface area contributed by atoms with E-state index >= 15 is 0 Å². The Hall–Kier alpha value is -3.66. The maximum atomic E-state index is 14.9. The van der Waals surface area contributed by atoms with Crippen molar-refractivity contribution >= 4 is 36.4 Å². The molecule has 0 aromatic heterocycles. The number of anilines is 2. The van der Waals surface area contributed by atoms with Crippen molar-refractivity contribution < 1.29 is 28.9 Å². The first-order chi connectivity index (χ1) is 21.1. The molecule has 3 aromatic rings. The molecule has 0 saturated carbocycles. The third-order valence-corrected chi connectivity index (χ3v) is 14.5. The molecule has 8 nitrogen and oxygen atoms in total. The number of ether oxygens (including phenoxy) is 3. The summed E-state index contributed by atoms with van der Waals surface area (Å²) in [5.41, 5.74) is 2.25. The van der Waals surface area contributed by atoms with Crippen LogP contribution < -0.4 is 24.5 Å². The second-order valence-corrected chi connectivity index (χ2v) is 17.4. The number of nitrogens with zero attached hydrogens (tertiary/aromatic N) is 2. The van der Waals surface area contributed by atoms with Gasteiger partial charge in [0.15, 0.2) is 5.60 Å². The van der Waals surface area contributed by atoms with E-state index in [0.29, 0.717) is 31.7 Å². The number of carbonyl (C=O) groups is 2. The van der Waals surface area contributed by atoms with Crippen LogP contribution in [0.15, 0.2) is 66.7 Å². The number of aliphatic hydroxyl groups excluding tert-OH is 1. The van der Waals surface area contributed by atoms with E-state index in [1.54, 1.807) is 14.2 Å². The summed E-state index contributed by atoms with van der Waals surface area (Å²) in [5, 5.41) is 11.4. The standard InChI is InChI=1S/C35H42N2O6Si/c1-23-33(44(4,5)28-14-11-26(41-2)12-15-28)31(17-19-38)43-35(23)29-21-27(42-3)13-16-30(29)37(34(35)40)22-24-8-6-9-25(20-24)36-18-7-10-32(36)39/h6,8-9,11-16,20-21,23,31,33,38H,7,10,17-19,22H2,1-5H3/t23-,31+,33-,35+/m1/s1. The van der Waals surface area contributed by atoms with Crippen molar-refractivity contribution in [3.05, 3.63) is 77.9 Å². The highest BCUT2D eigenvalue weighted by Crippen LogP contribution is 2.60. The molecular weight excluding hydrogens is 572 g/mol. The van der Waals surface area contributed by atoms with Crippen LogP contribution in [0.25, 0.3) is 0 Å². The number of methoxy groups -OCH3 is 2. The first-order valence-electron chi connectivity index (χ1n) is 15.5. The number of rotatable bonds is 9. The fraction of sp³-hybridized carbons (Fsp3) is 0.429. The van der Waals surface area contributed by atoms with Gasteiger partial charge in [-0.2, -0.15) is 0 Å². The Bertz CT molecular complexity index is 1560. The number of aliphatic hydroxyl groups is 1. The molecule has 44 heavy (non-hydrogen) atoms. The molecule has 6 rings (SSSR count). The van der Waals surface area contributed by atoms with Gasteiger partial charge in [-0.1, -0.05) is 49.5 Å². The summed E-state index contributed by atoms with van der Waals surface area (Å²) in [6.45, 7) is 7.84. The topological polar surface area (TPSA) is 88.5 Å². The minimum Gasteiger partial charge on any atom is -0.497 e. The van der Waals surface area contributed by atoms with Gasteiger partial charge in [0.1, 0.15) is 11.5 Å². The van der Waals surface area contributed by atoms with Gasteiger partial charge in [0.25, 0.3) is 5.91 Å². The van der Waals surface area contributed by atoms with Crippen molar-refractivity contribution in [1.29, 1.82) is 0 Å². The molecule has 0 radical (unpaired) electrons. The highest BCUT2D eigenvalue weighted by molar-refractivity contribution is 6.91. The molecule has 232 valence electrons. The van der Waals surface area contributed by atoms with E-state index in [-0.39, 0.29) is 36.0 Å². The van der Waals surface area contributed by atoms with Gasteiger partial charge in [0.05, 0.1) is 40.6 Å². The summed E-state index contributed by atoms with van der Waals surface area (Å²) in [5.74, 6) is 1.34. The van der Waals surface area contributed by atoms with Gasteiger partial charge in [-0.25, -0.2) is 0 Å². The number of hydrogen-bond donors (Lipinski definition) is 1. The molecule has 3 aromatic carbocycles. The van der Waals surface area contributed by atoms with Crippen molar-refractivity contribution in [2.24, 2.45) is 5.92 Å². The Morgan fingerprint density at radius 1 is 1.00 bits per heavy atom. The van der Waals surface area contributed by atoms with E-state index < -0.39 is 13.7 Å². The average Bonchev–Trinajstić information content (AvgIpc) is 3.66. The average molecular weight is 615 g/mol. The summed E-state index contributed by atoms with van der Waals surface area (Å²) in [6.07, 6.45) is 1.56. The number of hydrogen-bond acceptors (Lipinski definition) is 6. The van der Waals surface area contributed by atoms with Crippen LogP contribution in [-0.4, -0.2) is 58.5 Å². The van der Waals surface area contributed by atoms with Crippen LogP contribution in [0.3, 0.4) is 0 Å². The van der Waals surface area contributed by atoms with Crippen LogP contribution in [0.4, 0.5) is 11.4 Å². The highest BCUT2D eigenvalue weighted by Gasteiger charge is 2.66. The van der Waals surface area contributed by atoms with Crippen LogP contribution in [0.1, 0.15) is 37.3 Å². The van der Waals surface area contributed by atoms with E-state index in [1.807, 2.05) is 64.4 Å². The lowest BCUT2D eigenvalue weighted by Gasteiger charge is -2.37. The number of fused-ring (bicyclic) bond motifs is 2. The molecule has 2 amide bonds. The van der Waals surface area contributed by atoms with E-state index in [1.165, 1.54) is 5.19 Å². The highest BCUT2D eigenvalue weighted by atomic mass is 28.3. The minimum atomic E-state index is -2.27. The molecule has 4 atom stereocenters. The van der Waals surface area contributed by atoms with E-state index in [9.17, 15) is 14.7 Å². The quantitative estimate of drug-likeness (QED) is 0.343. The van der Waals surface area contributed by atoms with Gasteiger partial charge in [-0.3, -0.25) is 9.59 Å². The van der Waals surface area contributed by atoms with Gasteiger partial charge in [-0.05, 0) is 66.4 Å². The Kier molecular flexibility index (Phi) is 8.07. The molecule has 9 heteroatoms. The maximum Gasteiger partial charge on any atom is 0.264 e. The molecule has 2 fully saturated rings. The van der Waals surface area contributed by atoms with Crippen molar-refractivity contribution in [2.45, 2.75) is 63.1 Å². The Labute approximate surface area is 260 Å². The molecule has 0 unspecified atom stereocenters. The van der Waals surface area contributed by atoms with Crippen molar-refractivity contribution in [1.82, 2.24) is 0 Å². The van der Waals surface area contributed by atoms with Gasteiger partial charge >= 0.3 is 0 Å². The van der Waals surface area contributed by atoms with Gasteiger partial charge in [0, 0.05) is 36.7 Å². The number of benzene rings is 3. The summed E-state index contributed by atoms with van der Waals surface area (Å²) in [6, 6.07) is 22.0. The minimum absolute atomic E-state index is 0.0258. The predicted molar refractivity (Wildman–Crippen MR) is 173 cm³/mol. The second kappa shape index (κ2) is 11.7. The second-order valence-electron chi connectivity index (χ2n) is 12.8. The van der Waals surface area contributed by atoms with E-state index in [2.05, 4.69) is 32.2 Å². The molecule has 2 saturated heterocycles.